The molecule has 0 aromatic carbocycles. The molecule has 0 aromatic rings. The van der Waals surface area contributed by atoms with Crippen molar-refractivity contribution in [1.29, 1.82) is 0 Å². The molecule has 15 heavy (non-hydrogen) atoms. The molecular weight excluding hydrogens is 204 g/mol. The summed E-state index contributed by atoms with van der Waals surface area (Å²) >= 11 is 0. The fourth-order valence-corrected chi connectivity index (χ4v) is 1.21. The minimum absolute atomic E-state index is 0.301. The van der Waals surface area contributed by atoms with Crippen LogP contribution in [0.5, 0.6) is 0 Å². The molecule has 1 aliphatic rings. The van der Waals surface area contributed by atoms with Crippen LogP contribution in [-0.4, -0.2) is 36.0 Å². The summed E-state index contributed by atoms with van der Waals surface area (Å²) in [5.74, 6) is -2.64. The summed E-state index contributed by atoms with van der Waals surface area (Å²) in [5, 5.41) is 9.44. The van der Waals surface area contributed by atoms with Crippen molar-refractivity contribution in [2.24, 2.45) is 0 Å². The van der Waals surface area contributed by atoms with Crippen molar-refractivity contribution in [3.8, 4) is 0 Å². The van der Waals surface area contributed by atoms with E-state index in [-0.39, 0.29) is 6.42 Å². The molecule has 6 nitrogen and oxygen atoms in total. The Kier molecular flexibility index (Phi) is 3.08. The quantitative estimate of drug-likeness (QED) is 0.520. The number of methoxy groups -OCH3 is 1. The van der Waals surface area contributed by atoms with Crippen LogP contribution >= 0.6 is 0 Å². The van der Waals surface area contributed by atoms with E-state index in [1.807, 2.05) is 0 Å². The highest BCUT2D eigenvalue weighted by molar-refractivity contribution is 6.18. The number of carbonyl (C=O) groups excluding carboxylic acids is 3. The van der Waals surface area contributed by atoms with E-state index in [0.29, 0.717) is 0 Å². The number of ether oxygens (including phenoxy) is 2. The second kappa shape index (κ2) is 4.12. The topological polar surface area (TPSA) is 89.9 Å². The van der Waals surface area contributed by atoms with Crippen molar-refractivity contribution in [3.63, 3.8) is 0 Å². The zero-order valence-corrected chi connectivity index (χ0v) is 8.27. The highest BCUT2D eigenvalue weighted by atomic mass is 16.6. The summed E-state index contributed by atoms with van der Waals surface area (Å²) < 4.78 is 8.98. The van der Waals surface area contributed by atoms with Crippen LogP contribution in [0.25, 0.3) is 0 Å². The molecule has 1 N–H and O–H groups in total. The van der Waals surface area contributed by atoms with Crippen LogP contribution in [0.3, 0.4) is 0 Å². The van der Waals surface area contributed by atoms with Gasteiger partial charge in [0.1, 0.15) is 5.57 Å². The highest BCUT2D eigenvalue weighted by Crippen LogP contribution is 2.23. The number of ketones is 1. The van der Waals surface area contributed by atoms with Crippen LogP contribution < -0.4 is 0 Å². The number of rotatable bonds is 3. The Morgan fingerprint density at radius 2 is 2.13 bits per heavy atom. The SMILES string of the molecule is COC(=O)CC1OC(=O)C(C(C)=O)=C1O. The Labute approximate surface area is 85.5 Å². The van der Waals surface area contributed by atoms with Gasteiger partial charge in [0.05, 0.1) is 13.5 Å². The molecule has 1 aliphatic heterocycles. The van der Waals surface area contributed by atoms with Gasteiger partial charge in [-0.3, -0.25) is 9.59 Å². The molecule has 6 heteroatoms. The number of aliphatic hydroxyl groups is 1. The molecule has 0 spiro atoms. The number of Topliss-reactive ketones (excluding diaryl/α,β-unsaturated/α-hetero) is 1. The Morgan fingerprint density at radius 1 is 1.53 bits per heavy atom. The van der Waals surface area contributed by atoms with Crippen molar-refractivity contribution < 1.29 is 29.0 Å². The van der Waals surface area contributed by atoms with Gasteiger partial charge in [-0.05, 0) is 6.92 Å². The van der Waals surface area contributed by atoms with Crippen molar-refractivity contribution >= 4 is 17.7 Å². The zero-order valence-electron chi connectivity index (χ0n) is 8.27. The lowest BCUT2D eigenvalue weighted by atomic mass is 10.1. The molecule has 0 aromatic heterocycles. The Balaban J connectivity index is 2.85. The lowest BCUT2D eigenvalue weighted by Gasteiger charge is -2.07. The smallest absolute Gasteiger partial charge is 0.346 e. The first kappa shape index (κ1) is 11.2. The van der Waals surface area contributed by atoms with Crippen molar-refractivity contribution in [1.82, 2.24) is 0 Å². The van der Waals surface area contributed by atoms with Crippen LogP contribution in [0.2, 0.25) is 0 Å². The third-order valence-corrected chi connectivity index (χ3v) is 1.95. The average Bonchev–Trinajstić information content (AvgIpc) is 2.41. The van der Waals surface area contributed by atoms with E-state index in [1.165, 1.54) is 7.11 Å². The van der Waals surface area contributed by atoms with E-state index in [1.54, 1.807) is 0 Å². The first-order valence-electron chi connectivity index (χ1n) is 4.19. The normalized spacial score (nSPS) is 20.1. The minimum atomic E-state index is -1.11. The molecule has 0 saturated carbocycles. The molecule has 0 amide bonds. The number of esters is 2. The first-order valence-corrected chi connectivity index (χ1v) is 4.19. The predicted octanol–water partition coefficient (Wildman–Crippen LogP) is -0.124. The molecule has 0 bridgehead atoms. The molecule has 1 heterocycles. The van der Waals surface area contributed by atoms with Crippen LogP contribution in [-0.2, 0) is 23.9 Å². The minimum Gasteiger partial charge on any atom is -0.507 e. The standard InChI is InChI=1S/C9H10O6/c1-4(10)7-8(12)5(15-9(7)13)3-6(11)14-2/h5,12H,3H2,1-2H3. The fraction of sp³-hybridized carbons (Fsp3) is 0.444. The van der Waals surface area contributed by atoms with Gasteiger partial charge in [-0.1, -0.05) is 0 Å². The van der Waals surface area contributed by atoms with E-state index in [0.717, 1.165) is 6.92 Å². The second-order valence-corrected chi connectivity index (χ2v) is 2.99. The molecule has 0 radical (unpaired) electrons. The van der Waals surface area contributed by atoms with Gasteiger partial charge >= 0.3 is 11.9 Å². The fourth-order valence-electron chi connectivity index (χ4n) is 1.21. The summed E-state index contributed by atoms with van der Waals surface area (Å²) in [6.45, 7) is 1.13. The van der Waals surface area contributed by atoms with E-state index >= 15 is 0 Å². The van der Waals surface area contributed by atoms with E-state index in [9.17, 15) is 19.5 Å². The molecule has 0 aliphatic carbocycles. The molecule has 1 rings (SSSR count). The lowest BCUT2D eigenvalue weighted by Crippen LogP contribution is -2.17. The maximum Gasteiger partial charge on any atom is 0.346 e. The Bertz CT molecular complexity index is 354. The maximum absolute atomic E-state index is 11.1. The zero-order chi connectivity index (χ0) is 11.6. The van der Waals surface area contributed by atoms with E-state index < -0.39 is 35.2 Å². The van der Waals surface area contributed by atoms with Gasteiger partial charge in [0.15, 0.2) is 17.6 Å². The number of aliphatic hydroxyl groups excluding tert-OH is 1. The summed E-state index contributed by atoms with van der Waals surface area (Å²) in [6, 6.07) is 0. The Hall–Kier alpha value is -1.85. The molecule has 82 valence electrons. The largest absolute Gasteiger partial charge is 0.507 e. The van der Waals surface area contributed by atoms with E-state index in [2.05, 4.69) is 9.47 Å². The van der Waals surface area contributed by atoms with Gasteiger partial charge in [0.2, 0.25) is 0 Å². The highest BCUT2D eigenvalue weighted by Gasteiger charge is 2.37. The number of cyclic esters (lactones) is 1. The van der Waals surface area contributed by atoms with Gasteiger partial charge < -0.3 is 14.6 Å². The maximum atomic E-state index is 11.1. The summed E-state index contributed by atoms with van der Waals surface area (Å²) in [6.07, 6.45) is -1.41. The number of carbonyl (C=O) groups is 3. The van der Waals surface area contributed by atoms with Crippen LogP contribution in [0.1, 0.15) is 13.3 Å². The number of hydrogen-bond acceptors (Lipinski definition) is 6. The van der Waals surface area contributed by atoms with Gasteiger partial charge in [0.25, 0.3) is 0 Å². The van der Waals surface area contributed by atoms with Crippen molar-refractivity contribution in [3.05, 3.63) is 11.3 Å². The van der Waals surface area contributed by atoms with Crippen LogP contribution in [0.15, 0.2) is 11.3 Å². The monoisotopic (exact) mass is 214 g/mol. The summed E-state index contributed by atoms with van der Waals surface area (Å²) in [4.78, 5) is 32.9. The van der Waals surface area contributed by atoms with Crippen LogP contribution in [0.4, 0.5) is 0 Å². The molecular formula is C9H10O6. The lowest BCUT2D eigenvalue weighted by molar-refractivity contribution is -0.147. The Morgan fingerprint density at radius 3 is 2.53 bits per heavy atom. The number of hydrogen-bond donors (Lipinski definition) is 1. The molecule has 1 unspecified atom stereocenters. The third-order valence-electron chi connectivity index (χ3n) is 1.95. The second-order valence-electron chi connectivity index (χ2n) is 2.99. The third kappa shape index (κ3) is 2.15. The van der Waals surface area contributed by atoms with Gasteiger partial charge in [-0.15, -0.1) is 0 Å². The average molecular weight is 214 g/mol. The van der Waals surface area contributed by atoms with Crippen molar-refractivity contribution in [2.45, 2.75) is 19.4 Å². The molecule has 0 saturated heterocycles. The first-order chi connectivity index (χ1) is 6.97. The van der Waals surface area contributed by atoms with Crippen molar-refractivity contribution in [2.75, 3.05) is 7.11 Å². The summed E-state index contributed by atoms with van der Waals surface area (Å²) in [7, 11) is 1.17. The molecule has 0 fully saturated rings. The summed E-state index contributed by atoms with van der Waals surface area (Å²) in [5.41, 5.74) is -0.399. The predicted molar refractivity (Wildman–Crippen MR) is 46.8 cm³/mol. The van der Waals surface area contributed by atoms with Gasteiger partial charge in [-0.2, -0.15) is 0 Å². The van der Waals surface area contributed by atoms with Gasteiger partial charge in [-0.25, -0.2) is 4.79 Å². The van der Waals surface area contributed by atoms with E-state index in [4.69, 9.17) is 0 Å². The van der Waals surface area contributed by atoms with Crippen LogP contribution in [0, 0.1) is 0 Å². The molecule has 1 atom stereocenters. The van der Waals surface area contributed by atoms with Gasteiger partial charge in [0, 0.05) is 0 Å².